The van der Waals surface area contributed by atoms with E-state index in [-0.39, 0.29) is 0 Å². The molecule has 0 spiro atoms. The van der Waals surface area contributed by atoms with Gasteiger partial charge in [0.2, 0.25) is 0 Å². The monoisotopic (exact) mass is 215 g/mol. The number of hydrogen-bond donors (Lipinski definition) is 1. The van der Waals surface area contributed by atoms with Gasteiger partial charge in [-0.2, -0.15) is 0 Å². The van der Waals surface area contributed by atoms with Crippen LogP contribution in [0, 0.1) is 13.8 Å². The fourth-order valence-electron chi connectivity index (χ4n) is 1.68. The van der Waals surface area contributed by atoms with Crippen molar-refractivity contribution in [1.29, 1.82) is 0 Å². The van der Waals surface area contributed by atoms with E-state index in [2.05, 4.69) is 37.0 Å². The third kappa shape index (κ3) is 2.14. The average Bonchev–Trinajstić information content (AvgIpc) is 2.71. The number of benzene rings is 1. The first-order valence-electron chi connectivity index (χ1n) is 5.50. The molecular formula is C13H17N3. The van der Waals surface area contributed by atoms with Crippen molar-refractivity contribution in [3.8, 4) is 11.3 Å². The first kappa shape index (κ1) is 10.9. The Bertz CT molecular complexity index is 486. The van der Waals surface area contributed by atoms with Crippen LogP contribution in [0.2, 0.25) is 0 Å². The highest BCUT2D eigenvalue weighted by Gasteiger charge is 2.03. The molecule has 0 saturated carbocycles. The first-order chi connectivity index (χ1) is 7.70. The highest BCUT2D eigenvalue weighted by Crippen LogP contribution is 2.20. The van der Waals surface area contributed by atoms with E-state index in [0.29, 0.717) is 6.54 Å². The second-order valence-corrected chi connectivity index (χ2v) is 4.08. The minimum Gasteiger partial charge on any atom is -0.336 e. The lowest BCUT2D eigenvalue weighted by molar-refractivity contribution is 0.708. The molecule has 2 aromatic rings. The molecule has 2 rings (SSSR count). The number of aromatic nitrogens is 2. The van der Waals surface area contributed by atoms with E-state index >= 15 is 0 Å². The van der Waals surface area contributed by atoms with Gasteiger partial charge in [-0.3, -0.25) is 0 Å². The molecule has 0 saturated heterocycles. The van der Waals surface area contributed by atoms with Crippen LogP contribution in [0.15, 0.2) is 30.7 Å². The van der Waals surface area contributed by atoms with Gasteiger partial charge in [0.1, 0.15) is 0 Å². The van der Waals surface area contributed by atoms with Gasteiger partial charge in [-0.1, -0.05) is 12.1 Å². The molecule has 0 aliphatic heterocycles. The molecule has 3 heteroatoms. The van der Waals surface area contributed by atoms with Gasteiger partial charge in [-0.05, 0) is 31.0 Å². The van der Waals surface area contributed by atoms with E-state index in [1.165, 1.54) is 16.7 Å². The predicted molar refractivity (Wildman–Crippen MR) is 66.2 cm³/mol. The highest BCUT2D eigenvalue weighted by molar-refractivity contribution is 5.60. The summed E-state index contributed by atoms with van der Waals surface area (Å²) in [6.07, 6.45) is 3.87. The average molecular weight is 215 g/mol. The maximum Gasteiger partial charge on any atom is 0.0954 e. The van der Waals surface area contributed by atoms with E-state index in [4.69, 9.17) is 5.73 Å². The van der Waals surface area contributed by atoms with Gasteiger partial charge in [-0.25, -0.2) is 4.98 Å². The van der Waals surface area contributed by atoms with Crippen molar-refractivity contribution in [2.75, 3.05) is 6.54 Å². The zero-order valence-corrected chi connectivity index (χ0v) is 9.77. The first-order valence-corrected chi connectivity index (χ1v) is 5.50. The minimum atomic E-state index is 0.642. The summed E-state index contributed by atoms with van der Waals surface area (Å²) in [7, 11) is 0. The second kappa shape index (κ2) is 4.49. The normalized spacial score (nSPS) is 10.7. The zero-order chi connectivity index (χ0) is 11.5. The summed E-state index contributed by atoms with van der Waals surface area (Å²) < 4.78 is 2.02. The van der Waals surface area contributed by atoms with Crippen molar-refractivity contribution < 1.29 is 0 Å². The Morgan fingerprint density at radius 1 is 1.25 bits per heavy atom. The molecule has 2 N–H and O–H groups in total. The van der Waals surface area contributed by atoms with Crippen molar-refractivity contribution in [3.05, 3.63) is 41.9 Å². The molecule has 1 heterocycles. The Kier molecular flexibility index (Phi) is 3.06. The molecule has 0 radical (unpaired) electrons. The van der Waals surface area contributed by atoms with E-state index in [9.17, 15) is 0 Å². The van der Waals surface area contributed by atoms with E-state index in [1.54, 1.807) is 0 Å². The van der Waals surface area contributed by atoms with Crippen LogP contribution in [0.5, 0.6) is 0 Å². The standard InChI is InChI=1S/C13H17N3/c1-10-3-4-12(7-11(10)2)13-8-16(6-5-14)9-15-13/h3-4,7-9H,5-6,14H2,1-2H3. The van der Waals surface area contributed by atoms with Crippen LogP contribution in [-0.2, 0) is 6.54 Å². The summed E-state index contributed by atoms with van der Waals surface area (Å²) in [5, 5.41) is 0. The van der Waals surface area contributed by atoms with Crippen molar-refractivity contribution in [1.82, 2.24) is 9.55 Å². The van der Waals surface area contributed by atoms with Crippen LogP contribution in [0.3, 0.4) is 0 Å². The summed E-state index contributed by atoms with van der Waals surface area (Å²) in [5.74, 6) is 0. The summed E-state index contributed by atoms with van der Waals surface area (Å²) in [5.41, 5.74) is 10.3. The summed E-state index contributed by atoms with van der Waals surface area (Å²) >= 11 is 0. The number of nitrogens with zero attached hydrogens (tertiary/aromatic N) is 2. The Morgan fingerprint density at radius 3 is 2.75 bits per heavy atom. The molecule has 0 amide bonds. The Hall–Kier alpha value is -1.61. The smallest absolute Gasteiger partial charge is 0.0954 e. The lowest BCUT2D eigenvalue weighted by atomic mass is 10.1. The van der Waals surface area contributed by atoms with Crippen LogP contribution in [0.1, 0.15) is 11.1 Å². The Balaban J connectivity index is 2.31. The molecule has 3 nitrogen and oxygen atoms in total. The maximum atomic E-state index is 5.50. The Morgan fingerprint density at radius 2 is 2.06 bits per heavy atom. The molecule has 0 bridgehead atoms. The molecule has 1 aromatic carbocycles. The largest absolute Gasteiger partial charge is 0.336 e. The van der Waals surface area contributed by atoms with Gasteiger partial charge >= 0.3 is 0 Å². The van der Waals surface area contributed by atoms with Crippen LogP contribution in [0.4, 0.5) is 0 Å². The zero-order valence-electron chi connectivity index (χ0n) is 9.77. The number of nitrogens with two attached hydrogens (primary N) is 1. The van der Waals surface area contributed by atoms with Crippen LogP contribution in [-0.4, -0.2) is 16.1 Å². The maximum absolute atomic E-state index is 5.50. The minimum absolute atomic E-state index is 0.642. The van der Waals surface area contributed by atoms with Gasteiger partial charge in [0.15, 0.2) is 0 Å². The number of imidazole rings is 1. The number of rotatable bonds is 3. The SMILES string of the molecule is Cc1ccc(-c2cn(CCN)cn2)cc1C. The van der Waals surface area contributed by atoms with Crippen LogP contribution in [0.25, 0.3) is 11.3 Å². The molecule has 0 fully saturated rings. The molecule has 0 unspecified atom stereocenters. The van der Waals surface area contributed by atoms with E-state index < -0.39 is 0 Å². The van der Waals surface area contributed by atoms with Crippen LogP contribution >= 0.6 is 0 Å². The fraction of sp³-hybridized carbons (Fsp3) is 0.308. The van der Waals surface area contributed by atoms with E-state index in [1.807, 2.05) is 17.1 Å². The molecule has 1 aromatic heterocycles. The van der Waals surface area contributed by atoms with Crippen molar-refractivity contribution >= 4 is 0 Å². The lowest BCUT2D eigenvalue weighted by Crippen LogP contribution is -2.07. The summed E-state index contributed by atoms with van der Waals surface area (Å²) in [4.78, 5) is 4.38. The lowest BCUT2D eigenvalue weighted by Gasteiger charge is -2.02. The van der Waals surface area contributed by atoms with Crippen molar-refractivity contribution in [2.45, 2.75) is 20.4 Å². The molecular weight excluding hydrogens is 198 g/mol. The Labute approximate surface area is 95.9 Å². The van der Waals surface area contributed by atoms with Crippen molar-refractivity contribution in [3.63, 3.8) is 0 Å². The predicted octanol–water partition coefficient (Wildman–Crippen LogP) is 2.13. The highest BCUT2D eigenvalue weighted by atomic mass is 15.0. The third-order valence-electron chi connectivity index (χ3n) is 2.82. The summed E-state index contributed by atoms with van der Waals surface area (Å²) in [6.45, 7) is 5.70. The molecule has 16 heavy (non-hydrogen) atoms. The van der Waals surface area contributed by atoms with Gasteiger partial charge in [0.25, 0.3) is 0 Å². The van der Waals surface area contributed by atoms with Gasteiger partial charge in [-0.15, -0.1) is 0 Å². The fourth-order valence-corrected chi connectivity index (χ4v) is 1.68. The topological polar surface area (TPSA) is 43.8 Å². The van der Waals surface area contributed by atoms with Gasteiger partial charge in [0, 0.05) is 24.8 Å². The quantitative estimate of drug-likeness (QED) is 0.852. The van der Waals surface area contributed by atoms with Gasteiger partial charge < -0.3 is 10.3 Å². The third-order valence-corrected chi connectivity index (χ3v) is 2.82. The van der Waals surface area contributed by atoms with Crippen molar-refractivity contribution in [2.24, 2.45) is 5.73 Å². The summed E-state index contributed by atoms with van der Waals surface area (Å²) in [6, 6.07) is 6.41. The molecule has 0 atom stereocenters. The number of aryl methyl sites for hydroxylation is 2. The second-order valence-electron chi connectivity index (χ2n) is 4.08. The molecule has 0 aliphatic rings. The number of hydrogen-bond acceptors (Lipinski definition) is 2. The van der Waals surface area contributed by atoms with Gasteiger partial charge in [0.05, 0.1) is 12.0 Å². The van der Waals surface area contributed by atoms with E-state index in [0.717, 1.165) is 12.2 Å². The molecule has 0 aliphatic carbocycles. The molecule has 84 valence electrons. The van der Waals surface area contributed by atoms with Crippen LogP contribution < -0.4 is 5.73 Å².